The Morgan fingerprint density at radius 2 is 2.15 bits per heavy atom. The maximum Gasteiger partial charge on any atom is 0.256 e. The van der Waals surface area contributed by atoms with Crippen molar-refractivity contribution in [3.8, 4) is 0 Å². The summed E-state index contributed by atoms with van der Waals surface area (Å²) >= 11 is 0. The summed E-state index contributed by atoms with van der Waals surface area (Å²) in [5.41, 5.74) is 6.03. The van der Waals surface area contributed by atoms with Crippen molar-refractivity contribution in [2.45, 2.75) is 25.3 Å². The number of nitrogens with zero attached hydrogens (tertiary/aromatic N) is 1. The minimum atomic E-state index is -0.486. The molecule has 2 rings (SSSR count). The van der Waals surface area contributed by atoms with Gasteiger partial charge in [0.05, 0.1) is 5.56 Å². The highest BCUT2D eigenvalue weighted by molar-refractivity contribution is 6.01. The van der Waals surface area contributed by atoms with Crippen LogP contribution in [-0.2, 0) is 4.79 Å². The van der Waals surface area contributed by atoms with E-state index in [1.54, 1.807) is 7.05 Å². The van der Waals surface area contributed by atoms with Gasteiger partial charge in [0.25, 0.3) is 5.91 Å². The third-order valence-corrected chi connectivity index (χ3v) is 3.56. The van der Waals surface area contributed by atoms with Crippen LogP contribution in [-0.4, -0.2) is 36.3 Å². The Labute approximate surface area is 116 Å². The molecular formula is C14H18FN3O2. The number of carbonyl (C=O) groups is 2. The van der Waals surface area contributed by atoms with Gasteiger partial charge in [0.2, 0.25) is 5.91 Å². The molecule has 1 aliphatic rings. The molecule has 0 aliphatic carbocycles. The van der Waals surface area contributed by atoms with Crippen molar-refractivity contribution < 1.29 is 14.0 Å². The summed E-state index contributed by atoms with van der Waals surface area (Å²) in [6.07, 6.45) is 2.38. The van der Waals surface area contributed by atoms with Gasteiger partial charge in [0.15, 0.2) is 0 Å². The summed E-state index contributed by atoms with van der Waals surface area (Å²) in [5.74, 6) is -0.991. The lowest BCUT2D eigenvalue weighted by atomic mass is 9.99. The lowest BCUT2D eigenvalue weighted by Crippen LogP contribution is -2.51. The van der Waals surface area contributed by atoms with E-state index in [9.17, 15) is 14.0 Å². The number of likely N-dealkylation sites (N-methyl/N-ethyl adjacent to an activating group) is 1. The van der Waals surface area contributed by atoms with Crippen LogP contribution >= 0.6 is 0 Å². The van der Waals surface area contributed by atoms with Crippen LogP contribution in [0.4, 0.5) is 10.1 Å². The van der Waals surface area contributed by atoms with Gasteiger partial charge in [-0.05, 0) is 37.5 Å². The van der Waals surface area contributed by atoms with Crippen molar-refractivity contribution >= 4 is 17.5 Å². The van der Waals surface area contributed by atoms with Crippen LogP contribution in [0.5, 0.6) is 0 Å². The fourth-order valence-corrected chi connectivity index (χ4v) is 2.50. The van der Waals surface area contributed by atoms with E-state index < -0.39 is 11.9 Å². The van der Waals surface area contributed by atoms with Gasteiger partial charge in [-0.2, -0.15) is 0 Å². The topological polar surface area (TPSA) is 75.4 Å². The summed E-state index contributed by atoms with van der Waals surface area (Å²) < 4.78 is 13.0. The van der Waals surface area contributed by atoms with E-state index in [1.165, 1.54) is 17.0 Å². The molecule has 1 unspecified atom stereocenters. The second kappa shape index (κ2) is 5.90. The quantitative estimate of drug-likeness (QED) is 0.797. The molecule has 0 saturated carbocycles. The molecule has 20 heavy (non-hydrogen) atoms. The highest BCUT2D eigenvalue weighted by Gasteiger charge is 2.32. The third kappa shape index (κ3) is 2.74. The molecule has 0 bridgehead atoms. The number of hydrogen-bond acceptors (Lipinski definition) is 3. The Kier molecular flexibility index (Phi) is 4.22. The normalized spacial score (nSPS) is 18.7. The summed E-state index contributed by atoms with van der Waals surface area (Å²) in [7, 11) is 1.55. The molecule has 1 aliphatic heterocycles. The molecule has 0 aromatic heterocycles. The predicted molar refractivity (Wildman–Crippen MR) is 73.6 cm³/mol. The molecule has 2 amide bonds. The molecule has 1 fully saturated rings. The van der Waals surface area contributed by atoms with Crippen LogP contribution in [0.15, 0.2) is 18.2 Å². The number of nitrogens with one attached hydrogen (secondary N) is 1. The highest BCUT2D eigenvalue weighted by Crippen LogP contribution is 2.22. The first kappa shape index (κ1) is 14.3. The van der Waals surface area contributed by atoms with E-state index in [0.29, 0.717) is 13.0 Å². The third-order valence-electron chi connectivity index (χ3n) is 3.56. The van der Waals surface area contributed by atoms with Gasteiger partial charge in [0, 0.05) is 19.3 Å². The SMILES string of the molecule is CNC(=O)C1CCCCN1C(=O)c1ccc(F)cc1N. The molecule has 1 heterocycles. The Morgan fingerprint density at radius 3 is 2.80 bits per heavy atom. The Bertz CT molecular complexity index is 533. The Balaban J connectivity index is 2.27. The number of carbonyl (C=O) groups excluding carboxylic acids is 2. The number of piperidine rings is 1. The average Bonchev–Trinajstić information content (AvgIpc) is 2.46. The van der Waals surface area contributed by atoms with Crippen LogP contribution in [0.2, 0.25) is 0 Å². The maximum absolute atomic E-state index is 13.0. The van der Waals surface area contributed by atoms with Gasteiger partial charge in [-0.25, -0.2) is 4.39 Å². The monoisotopic (exact) mass is 279 g/mol. The Morgan fingerprint density at radius 1 is 1.40 bits per heavy atom. The van der Waals surface area contributed by atoms with Crippen molar-refractivity contribution in [2.24, 2.45) is 0 Å². The highest BCUT2D eigenvalue weighted by atomic mass is 19.1. The Hall–Kier alpha value is -2.11. The second-order valence-electron chi connectivity index (χ2n) is 4.86. The van der Waals surface area contributed by atoms with E-state index in [0.717, 1.165) is 18.9 Å². The molecule has 3 N–H and O–H groups in total. The first-order valence-corrected chi connectivity index (χ1v) is 6.62. The molecule has 108 valence electrons. The molecule has 0 radical (unpaired) electrons. The summed E-state index contributed by atoms with van der Waals surface area (Å²) in [5, 5.41) is 2.57. The zero-order valence-electron chi connectivity index (χ0n) is 11.4. The summed E-state index contributed by atoms with van der Waals surface area (Å²) in [4.78, 5) is 25.9. The zero-order valence-corrected chi connectivity index (χ0v) is 11.4. The largest absolute Gasteiger partial charge is 0.398 e. The van der Waals surface area contributed by atoms with E-state index in [-0.39, 0.29) is 23.1 Å². The average molecular weight is 279 g/mol. The number of likely N-dealkylation sites (tertiary alicyclic amines) is 1. The zero-order chi connectivity index (χ0) is 14.7. The predicted octanol–water partition coefficient (Wildman–Crippen LogP) is 1.15. The molecule has 5 nitrogen and oxygen atoms in total. The molecule has 1 aromatic rings. The number of hydrogen-bond donors (Lipinski definition) is 2. The number of halogens is 1. The second-order valence-corrected chi connectivity index (χ2v) is 4.86. The maximum atomic E-state index is 13.0. The number of benzene rings is 1. The summed E-state index contributed by atoms with van der Waals surface area (Å²) in [6, 6.07) is 3.20. The van der Waals surface area contributed by atoms with Crippen LogP contribution in [0, 0.1) is 5.82 Å². The van der Waals surface area contributed by atoms with E-state index >= 15 is 0 Å². The lowest BCUT2D eigenvalue weighted by molar-refractivity contribution is -0.126. The number of nitrogens with two attached hydrogens (primary N) is 1. The van der Waals surface area contributed by atoms with Gasteiger partial charge in [-0.15, -0.1) is 0 Å². The lowest BCUT2D eigenvalue weighted by Gasteiger charge is -2.34. The number of amides is 2. The van der Waals surface area contributed by atoms with Crippen LogP contribution in [0.3, 0.4) is 0 Å². The van der Waals surface area contributed by atoms with E-state index in [2.05, 4.69) is 5.32 Å². The van der Waals surface area contributed by atoms with Gasteiger partial charge < -0.3 is 16.0 Å². The van der Waals surface area contributed by atoms with Gasteiger partial charge in [0.1, 0.15) is 11.9 Å². The van der Waals surface area contributed by atoms with Crippen molar-refractivity contribution in [2.75, 3.05) is 19.3 Å². The standard InChI is InChI=1S/C14H18FN3O2/c1-17-13(19)12-4-2-3-7-18(12)14(20)10-6-5-9(15)8-11(10)16/h5-6,8,12H,2-4,7,16H2,1H3,(H,17,19). The fraction of sp³-hybridized carbons (Fsp3) is 0.429. The van der Waals surface area contributed by atoms with Crippen molar-refractivity contribution in [1.82, 2.24) is 10.2 Å². The molecule has 1 atom stereocenters. The molecule has 6 heteroatoms. The van der Waals surface area contributed by atoms with Crippen molar-refractivity contribution in [3.05, 3.63) is 29.6 Å². The van der Waals surface area contributed by atoms with Crippen molar-refractivity contribution in [3.63, 3.8) is 0 Å². The minimum absolute atomic E-state index is 0.0937. The van der Waals surface area contributed by atoms with Gasteiger partial charge in [-0.3, -0.25) is 9.59 Å². The van der Waals surface area contributed by atoms with Crippen LogP contribution < -0.4 is 11.1 Å². The number of anilines is 1. The molecule has 0 spiro atoms. The fourth-order valence-electron chi connectivity index (χ4n) is 2.50. The van der Waals surface area contributed by atoms with E-state index in [1.807, 2.05) is 0 Å². The number of rotatable bonds is 2. The van der Waals surface area contributed by atoms with Crippen LogP contribution in [0.1, 0.15) is 29.6 Å². The van der Waals surface area contributed by atoms with E-state index in [4.69, 9.17) is 5.73 Å². The smallest absolute Gasteiger partial charge is 0.256 e. The first-order chi connectivity index (χ1) is 9.54. The first-order valence-electron chi connectivity index (χ1n) is 6.62. The van der Waals surface area contributed by atoms with Crippen LogP contribution in [0.25, 0.3) is 0 Å². The van der Waals surface area contributed by atoms with Gasteiger partial charge in [-0.1, -0.05) is 0 Å². The number of nitrogen functional groups attached to an aromatic ring is 1. The summed E-state index contributed by atoms with van der Waals surface area (Å²) in [6.45, 7) is 0.508. The molecule has 1 saturated heterocycles. The molecular weight excluding hydrogens is 261 g/mol. The minimum Gasteiger partial charge on any atom is -0.398 e. The van der Waals surface area contributed by atoms with Gasteiger partial charge >= 0.3 is 0 Å². The molecule has 1 aromatic carbocycles. The van der Waals surface area contributed by atoms with Crippen molar-refractivity contribution in [1.29, 1.82) is 0 Å².